The number of ketones is 2. The fraction of sp³-hybridized carbons (Fsp3) is 0.833. The molecule has 0 unspecified atom stereocenters. The average molecular weight is 701 g/mol. The number of rotatable bonds is 19. The van der Waals surface area contributed by atoms with Gasteiger partial charge >= 0.3 is 5.97 Å². The van der Waals surface area contributed by atoms with Crippen LogP contribution in [0, 0.1) is 22.7 Å². The summed E-state index contributed by atoms with van der Waals surface area (Å²) in [7, 11) is 0. The number of allylic oxidation sites excluding steroid dienone is 4. The third-order valence-corrected chi connectivity index (χ3v) is 13.4. The quantitative estimate of drug-likeness (QED) is 0.106. The highest BCUT2D eigenvalue weighted by atomic mass is 19.1. The number of fused-ring (bicyclic) bond motifs is 7. The predicted molar refractivity (Wildman–Crippen MR) is 192 cm³/mol. The summed E-state index contributed by atoms with van der Waals surface area (Å²) >= 11 is 0. The van der Waals surface area contributed by atoms with Crippen LogP contribution in [-0.4, -0.2) is 58.5 Å². The van der Waals surface area contributed by atoms with Crippen LogP contribution in [0.15, 0.2) is 23.8 Å². The van der Waals surface area contributed by atoms with Crippen LogP contribution in [0.1, 0.15) is 163 Å². The van der Waals surface area contributed by atoms with E-state index in [-0.39, 0.29) is 24.5 Å². The highest BCUT2D eigenvalue weighted by molar-refractivity contribution is 6.01. The first-order valence-electron chi connectivity index (χ1n) is 20.1. The smallest absolute Gasteiger partial charge is 0.306 e. The van der Waals surface area contributed by atoms with E-state index in [1.165, 1.54) is 76.7 Å². The summed E-state index contributed by atoms with van der Waals surface area (Å²) in [5, 5.41) is 10.2. The van der Waals surface area contributed by atoms with Crippen LogP contribution >= 0.6 is 0 Å². The SMILES string of the molecule is CCCCCCCCCCCCCCCCCC(=O)O[C@H]1C[C@@]2(C)[C@@H](C[C@H]3OC(C)(C)O[C@]32C(=O)CO)[C@@H]2CCC3=CC(=O)C=C[C@]3(C)[C@@]12F. The van der Waals surface area contributed by atoms with E-state index in [1.54, 1.807) is 26.0 Å². The van der Waals surface area contributed by atoms with Gasteiger partial charge in [0.05, 0.1) is 6.10 Å². The van der Waals surface area contributed by atoms with Crippen molar-refractivity contribution in [1.29, 1.82) is 0 Å². The average Bonchev–Trinajstić information content (AvgIpc) is 3.48. The van der Waals surface area contributed by atoms with E-state index in [2.05, 4.69) is 6.92 Å². The molecule has 3 saturated carbocycles. The Morgan fingerprint density at radius 1 is 0.900 bits per heavy atom. The van der Waals surface area contributed by atoms with E-state index in [0.29, 0.717) is 25.7 Å². The summed E-state index contributed by atoms with van der Waals surface area (Å²) in [4.78, 5) is 39.7. The van der Waals surface area contributed by atoms with Gasteiger partial charge in [-0.05, 0) is 70.9 Å². The van der Waals surface area contributed by atoms with Gasteiger partial charge in [0.1, 0.15) is 12.7 Å². The molecule has 0 aromatic rings. The van der Waals surface area contributed by atoms with Gasteiger partial charge in [0.15, 0.2) is 28.6 Å². The van der Waals surface area contributed by atoms with E-state index in [9.17, 15) is 19.5 Å². The van der Waals surface area contributed by atoms with Crippen LogP contribution in [0.5, 0.6) is 0 Å². The monoisotopic (exact) mass is 700 g/mol. The molecular weight excluding hydrogens is 635 g/mol. The third kappa shape index (κ3) is 7.20. The van der Waals surface area contributed by atoms with Crippen LogP contribution in [-0.2, 0) is 28.6 Å². The number of halogens is 1. The minimum atomic E-state index is -2.00. The molecule has 1 heterocycles. The van der Waals surface area contributed by atoms with Crippen LogP contribution in [0.2, 0.25) is 0 Å². The Morgan fingerprint density at radius 2 is 1.48 bits per heavy atom. The van der Waals surface area contributed by atoms with Crippen LogP contribution in [0.25, 0.3) is 0 Å². The molecule has 8 heteroatoms. The van der Waals surface area contributed by atoms with Gasteiger partial charge in [0, 0.05) is 23.2 Å². The van der Waals surface area contributed by atoms with Gasteiger partial charge in [0.25, 0.3) is 0 Å². The van der Waals surface area contributed by atoms with E-state index in [1.807, 2.05) is 13.8 Å². The van der Waals surface area contributed by atoms with Crippen molar-refractivity contribution in [2.75, 3.05) is 6.61 Å². The van der Waals surface area contributed by atoms with Gasteiger partial charge < -0.3 is 19.3 Å². The van der Waals surface area contributed by atoms with E-state index in [4.69, 9.17) is 14.2 Å². The number of alkyl halides is 1. The lowest BCUT2D eigenvalue weighted by atomic mass is 9.44. The maximum absolute atomic E-state index is 18.5. The number of hydrogen-bond acceptors (Lipinski definition) is 7. The number of aliphatic hydroxyl groups is 1. The van der Waals surface area contributed by atoms with Crippen LogP contribution in [0.3, 0.4) is 0 Å². The maximum Gasteiger partial charge on any atom is 0.306 e. The Labute approximate surface area is 300 Å². The van der Waals surface area contributed by atoms with Crippen LogP contribution in [0.4, 0.5) is 4.39 Å². The zero-order chi connectivity index (χ0) is 36.2. The highest BCUT2D eigenvalue weighted by Crippen LogP contribution is 2.72. The van der Waals surface area contributed by atoms with Gasteiger partial charge in [0.2, 0.25) is 0 Å². The zero-order valence-corrected chi connectivity index (χ0v) is 31.7. The highest BCUT2D eigenvalue weighted by Gasteiger charge is 2.80. The summed E-state index contributed by atoms with van der Waals surface area (Å²) in [6.07, 6.45) is 22.9. The van der Waals surface area contributed by atoms with Crippen molar-refractivity contribution in [1.82, 2.24) is 0 Å². The first kappa shape index (κ1) is 39.3. The first-order valence-corrected chi connectivity index (χ1v) is 20.1. The number of esters is 1. The van der Waals surface area contributed by atoms with Gasteiger partial charge in [-0.2, -0.15) is 0 Å². The Balaban J connectivity index is 1.20. The van der Waals surface area contributed by atoms with Gasteiger partial charge in [-0.1, -0.05) is 115 Å². The predicted octanol–water partition coefficient (Wildman–Crippen LogP) is 9.23. The Morgan fingerprint density at radius 3 is 2.06 bits per heavy atom. The molecule has 5 rings (SSSR count). The molecule has 4 aliphatic carbocycles. The van der Waals surface area contributed by atoms with E-state index < -0.39 is 64.4 Å². The summed E-state index contributed by atoms with van der Waals surface area (Å²) in [5.41, 5.74) is -4.84. The lowest BCUT2D eigenvalue weighted by Crippen LogP contribution is -2.70. The van der Waals surface area contributed by atoms with Gasteiger partial charge in [-0.15, -0.1) is 0 Å². The molecule has 1 aliphatic heterocycles. The second-order valence-corrected chi connectivity index (χ2v) is 17.1. The van der Waals surface area contributed by atoms with Crippen molar-refractivity contribution in [3.8, 4) is 0 Å². The molecule has 50 heavy (non-hydrogen) atoms. The van der Waals surface area contributed by atoms with Gasteiger partial charge in [-0.25, -0.2) is 4.39 Å². The molecule has 0 spiro atoms. The minimum absolute atomic E-state index is 0.0571. The number of carbonyl (C=O) groups is 3. The summed E-state index contributed by atoms with van der Waals surface area (Å²) in [5.74, 6) is -3.02. The largest absolute Gasteiger partial charge is 0.459 e. The molecule has 0 radical (unpaired) electrons. The second kappa shape index (κ2) is 16.0. The van der Waals surface area contributed by atoms with Crippen molar-refractivity contribution >= 4 is 17.5 Å². The zero-order valence-electron chi connectivity index (χ0n) is 31.7. The second-order valence-electron chi connectivity index (χ2n) is 17.1. The van der Waals surface area contributed by atoms with Crippen LogP contribution < -0.4 is 0 Å². The summed E-state index contributed by atoms with van der Waals surface area (Å²) < 4.78 is 37.5. The van der Waals surface area contributed by atoms with E-state index in [0.717, 1.165) is 24.8 Å². The number of hydrogen-bond donors (Lipinski definition) is 1. The lowest BCUT2D eigenvalue weighted by molar-refractivity contribution is -0.251. The number of unbranched alkanes of at least 4 members (excludes halogenated alkanes) is 14. The molecule has 0 amide bonds. The minimum Gasteiger partial charge on any atom is -0.459 e. The number of Topliss-reactive ketones (excluding diaryl/α,β-unsaturated/α-hetero) is 1. The number of ether oxygens (including phenoxy) is 3. The van der Waals surface area contributed by atoms with Gasteiger partial charge in [-0.3, -0.25) is 14.4 Å². The normalized spacial score (nSPS) is 36.7. The lowest BCUT2D eigenvalue weighted by Gasteiger charge is -2.63. The van der Waals surface area contributed by atoms with Crippen molar-refractivity contribution in [3.63, 3.8) is 0 Å². The van der Waals surface area contributed by atoms with E-state index >= 15 is 4.39 Å². The molecule has 4 fully saturated rings. The Kier molecular flexibility index (Phi) is 12.6. The molecule has 0 aromatic heterocycles. The molecule has 1 N–H and O–H groups in total. The molecule has 7 nitrogen and oxygen atoms in total. The maximum atomic E-state index is 18.5. The Hall–Kier alpha value is -1.90. The molecule has 8 atom stereocenters. The molecule has 0 aromatic carbocycles. The number of carbonyl (C=O) groups excluding carboxylic acids is 3. The molecule has 282 valence electrons. The standard InChI is InChI=1S/C42H65FO7/c1-6-7-8-9-10-11-12-13-14-15-16-17-18-19-20-21-37(47)48-36-28-40(5)33(27-35-42(40,34(46)29-44)50-38(2,3)49-35)32-23-22-30-26-31(45)24-25-39(30,4)41(32,36)43/h24-26,32-33,35-36,44H,6-23,27-29H2,1-5H3/t32-,33-,35+,36-,39-,40-,41-,42+/m0/s1. The Bertz CT molecular complexity index is 1290. The first-order chi connectivity index (χ1) is 23.8. The molecule has 0 bridgehead atoms. The van der Waals surface area contributed by atoms with Crippen molar-refractivity contribution in [2.45, 2.75) is 192 Å². The van der Waals surface area contributed by atoms with Crippen molar-refractivity contribution < 1.29 is 38.1 Å². The topological polar surface area (TPSA) is 99.1 Å². The number of aliphatic hydroxyl groups excluding tert-OH is 1. The van der Waals surface area contributed by atoms with Crippen molar-refractivity contribution in [3.05, 3.63) is 23.8 Å². The molecular formula is C42H65FO7. The summed E-state index contributed by atoms with van der Waals surface area (Å²) in [6.45, 7) is 8.83. The van der Waals surface area contributed by atoms with Crippen molar-refractivity contribution in [2.24, 2.45) is 22.7 Å². The molecule has 1 saturated heterocycles. The fourth-order valence-corrected chi connectivity index (χ4v) is 10.9. The molecule has 5 aliphatic rings. The fourth-order valence-electron chi connectivity index (χ4n) is 10.9. The third-order valence-electron chi connectivity index (χ3n) is 13.4. The summed E-state index contributed by atoms with van der Waals surface area (Å²) in [6, 6.07) is 0.